The standard InChI is InChI=1S/C22H32ClN3O5/c1-4-31-19-15-17(14-18(23)22(19)30-3)6-7-21(28)26-11-9-25(10-12-26)16-20(27)24-8-5-13-29-2/h6-7,14-15H,4-5,8-13,16H2,1-3H3,(H,24,27)/b7-6+. The molecular weight excluding hydrogens is 422 g/mol. The molecule has 1 fully saturated rings. The molecule has 0 spiro atoms. The molecule has 0 radical (unpaired) electrons. The molecule has 31 heavy (non-hydrogen) atoms. The van der Waals surface area contributed by atoms with Crippen molar-refractivity contribution in [3.05, 3.63) is 28.8 Å². The minimum atomic E-state index is -0.0754. The summed E-state index contributed by atoms with van der Waals surface area (Å²) in [5, 5.41) is 3.31. The summed E-state index contributed by atoms with van der Waals surface area (Å²) >= 11 is 6.26. The number of amides is 2. The van der Waals surface area contributed by atoms with Crippen LogP contribution in [-0.4, -0.2) is 88.3 Å². The predicted molar refractivity (Wildman–Crippen MR) is 121 cm³/mol. The summed E-state index contributed by atoms with van der Waals surface area (Å²) in [5.41, 5.74) is 0.756. The molecule has 1 aromatic rings. The van der Waals surface area contributed by atoms with Gasteiger partial charge in [0.2, 0.25) is 11.8 Å². The van der Waals surface area contributed by atoms with Gasteiger partial charge in [0, 0.05) is 52.5 Å². The van der Waals surface area contributed by atoms with E-state index < -0.39 is 0 Å². The number of nitrogens with one attached hydrogen (secondary N) is 1. The number of nitrogens with zero attached hydrogens (tertiary/aromatic N) is 2. The van der Waals surface area contributed by atoms with Gasteiger partial charge in [0.05, 0.1) is 25.3 Å². The molecule has 0 unspecified atom stereocenters. The molecule has 1 aliphatic rings. The van der Waals surface area contributed by atoms with Gasteiger partial charge in [-0.2, -0.15) is 0 Å². The Hall–Kier alpha value is -2.29. The number of methoxy groups -OCH3 is 2. The molecule has 9 heteroatoms. The van der Waals surface area contributed by atoms with Crippen molar-refractivity contribution in [3.63, 3.8) is 0 Å². The predicted octanol–water partition coefficient (Wildman–Crippen LogP) is 2.06. The number of halogens is 1. The Labute approximate surface area is 189 Å². The SMILES string of the molecule is CCOc1cc(/C=C/C(=O)N2CCN(CC(=O)NCCCOC)CC2)cc(Cl)c1OC. The van der Waals surface area contributed by atoms with Crippen LogP contribution >= 0.6 is 11.6 Å². The van der Waals surface area contributed by atoms with Gasteiger partial charge in [-0.15, -0.1) is 0 Å². The molecule has 2 amide bonds. The van der Waals surface area contributed by atoms with Gasteiger partial charge in [-0.1, -0.05) is 11.6 Å². The van der Waals surface area contributed by atoms with E-state index in [2.05, 4.69) is 10.2 Å². The van der Waals surface area contributed by atoms with E-state index in [9.17, 15) is 9.59 Å². The molecule has 0 aromatic heterocycles. The molecule has 2 rings (SSSR count). The second-order valence-electron chi connectivity index (χ2n) is 7.10. The Kier molecular flexibility index (Phi) is 10.6. The Bertz CT molecular complexity index is 764. The Morgan fingerprint density at radius 3 is 2.58 bits per heavy atom. The van der Waals surface area contributed by atoms with Crippen LogP contribution in [0.5, 0.6) is 11.5 Å². The summed E-state index contributed by atoms with van der Waals surface area (Å²) in [5.74, 6) is 0.940. The third-order valence-corrected chi connectivity index (χ3v) is 5.13. The number of carbonyl (C=O) groups is 2. The molecule has 0 aliphatic carbocycles. The second kappa shape index (κ2) is 13.2. The van der Waals surface area contributed by atoms with Crippen LogP contribution in [0.15, 0.2) is 18.2 Å². The van der Waals surface area contributed by atoms with E-state index in [1.165, 1.54) is 13.2 Å². The lowest BCUT2D eigenvalue weighted by Gasteiger charge is -2.33. The van der Waals surface area contributed by atoms with Gasteiger partial charge < -0.3 is 24.4 Å². The summed E-state index contributed by atoms with van der Waals surface area (Å²) in [7, 11) is 3.18. The zero-order chi connectivity index (χ0) is 22.6. The van der Waals surface area contributed by atoms with Crippen LogP contribution in [0, 0.1) is 0 Å². The highest BCUT2D eigenvalue weighted by Gasteiger charge is 2.21. The summed E-state index contributed by atoms with van der Waals surface area (Å²) in [6.07, 6.45) is 4.05. The fraction of sp³-hybridized carbons (Fsp3) is 0.545. The second-order valence-corrected chi connectivity index (χ2v) is 7.51. The van der Waals surface area contributed by atoms with Gasteiger partial charge in [0.25, 0.3) is 0 Å². The minimum absolute atomic E-state index is 0.00253. The van der Waals surface area contributed by atoms with Gasteiger partial charge in [-0.25, -0.2) is 0 Å². The Morgan fingerprint density at radius 2 is 1.94 bits per heavy atom. The number of hydrogen-bond acceptors (Lipinski definition) is 6. The molecule has 8 nitrogen and oxygen atoms in total. The average Bonchev–Trinajstić information content (AvgIpc) is 2.76. The molecule has 1 aromatic carbocycles. The van der Waals surface area contributed by atoms with Gasteiger partial charge >= 0.3 is 0 Å². The van der Waals surface area contributed by atoms with Crippen LogP contribution in [0.2, 0.25) is 5.02 Å². The lowest BCUT2D eigenvalue weighted by Crippen LogP contribution is -2.50. The van der Waals surface area contributed by atoms with Crippen LogP contribution in [-0.2, 0) is 14.3 Å². The molecular formula is C22H32ClN3O5. The van der Waals surface area contributed by atoms with E-state index in [1.807, 2.05) is 6.92 Å². The van der Waals surface area contributed by atoms with Crippen molar-refractivity contribution < 1.29 is 23.8 Å². The normalized spacial score (nSPS) is 14.6. The van der Waals surface area contributed by atoms with Gasteiger partial charge in [-0.05, 0) is 37.1 Å². The number of rotatable bonds is 11. The molecule has 0 atom stereocenters. The number of piperazine rings is 1. The lowest BCUT2D eigenvalue weighted by molar-refractivity contribution is -0.128. The summed E-state index contributed by atoms with van der Waals surface area (Å²) in [6, 6.07) is 3.52. The van der Waals surface area contributed by atoms with Crippen molar-refractivity contribution >= 4 is 29.5 Å². The third-order valence-electron chi connectivity index (χ3n) is 4.85. The van der Waals surface area contributed by atoms with Crippen molar-refractivity contribution in [1.29, 1.82) is 0 Å². The number of ether oxygens (including phenoxy) is 3. The first-order chi connectivity index (χ1) is 15.0. The maximum Gasteiger partial charge on any atom is 0.246 e. The van der Waals surface area contributed by atoms with E-state index >= 15 is 0 Å². The highest BCUT2D eigenvalue weighted by atomic mass is 35.5. The minimum Gasteiger partial charge on any atom is -0.491 e. The smallest absolute Gasteiger partial charge is 0.246 e. The fourth-order valence-corrected chi connectivity index (χ4v) is 3.54. The van der Waals surface area contributed by atoms with Crippen molar-refractivity contribution in [2.24, 2.45) is 0 Å². The number of carbonyl (C=O) groups excluding carboxylic acids is 2. The quantitative estimate of drug-likeness (QED) is 0.408. The molecule has 1 heterocycles. The summed E-state index contributed by atoms with van der Waals surface area (Å²) in [6.45, 7) is 6.41. The highest BCUT2D eigenvalue weighted by Crippen LogP contribution is 2.36. The largest absolute Gasteiger partial charge is 0.491 e. The van der Waals surface area contributed by atoms with E-state index in [1.54, 1.807) is 30.2 Å². The van der Waals surface area contributed by atoms with Crippen molar-refractivity contribution in [1.82, 2.24) is 15.1 Å². The maximum absolute atomic E-state index is 12.6. The first-order valence-corrected chi connectivity index (χ1v) is 10.8. The van der Waals surface area contributed by atoms with Crippen LogP contribution in [0.4, 0.5) is 0 Å². The lowest BCUT2D eigenvalue weighted by atomic mass is 10.1. The molecule has 1 aliphatic heterocycles. The highest BCUT2D eigenvalue weighted by molar-refractivity contribution is 6.32. The van der Waals surface area contributed by atoms with E-state index in [0.29, 0.717) is 69.0 Å². The van der Waals surface area contributed by atoms with Gasteiger partial charge in [0.15, 0.2) is 11.5 Å². The Balaban J connectivity index is 1.84. The first-order valence-electron chi connectivity index (χ1n) is 10.4. The first kappa shape index (κ1) is 25.0. The zero-order valence-corrected chi connectivity index (χ0v) is 19.2. The summed E-state index contributed by atoms with van der Waals surface area (Å²) < 4.78 is 15.8. The topological polar surface area (TPSA) is 80.3 Å². The molecule has 1 saturated heterocycles. The Morgan fingerprint density at radius 1 is 1.19 bits per heavy atom. The van der Waals surface area contributed by atoms with Crippen LogP contribution in [0.1, 0.15) is 18.9 Å². The fourth-order valence-electron chi connectivity index (χ4n) is 3.25. The number of hydrogen-bond donors (Lipinski definition) is 1. The van der Waals surface area contributed by atoms with Gasteiger partial charge in [0.1, 0.15) is 0 Å². The van der Waals surface area contributed by atoms with Crippen LogP contribution < -0.4 is 14.8 Å². The van der Waals surface area contributed by atoms with Crippen LogP contribution in [0.25, 0.3) is 6.08 Å². The molecule has 172 valence electrons. The monoisotopic (exact) mass is 453 g/mol. The van der Waals surface area contributed by atoms with E-state index in [-0.39, 0.29) is 11.8 Å². The zero-order valence-electron chi connectivity index (χ0n) is 18.5. The van der Waals surface area contributed by atoms with E-state index in [4.69, 9.17) is 25.8 Å². The molecule has 0 saturated carbocycles. The van der Waals surface area contributed by atoms with Crippen molar-refractivity contribution in [3.8, 4) is 11.5 Å². The summed E-state index contributed by atoms with van der Waals surface area (Å²) in [4.78, 5) is 28.4. The van der Waals surface area contributed by atoms with Gasteiger partial charge in [-0.3, -0.25) is 14.5 Å². The third kappa shape index (κ3) is 8.05. The number of benzene rings is 1. The van der Waals surface area contributed by atoms with E-state index in [0.717, 1.165) is 12.0 Å². The van der Waals surface area contributed by atoms with Crippen LogP contribution in [0.3, 0.4) is 0 Å². The molecule has 0 bridgehead atoms. The average molecular weight is 454 g/mol. The maximum atomic E-state index is 12.6. The van der Waals surface area contributed by atoms with Crippen molar-refractivity contribution in [2.75, 3.05) is 66.7 Å². The molecule has 1 N–H and O–H groups in total. The van der Waals surface area contributed by atoms with Crippen molar-refractivity contribution in [2.45, 2.75) is 13.3 Å².